The average Bonchev–Trinajstić information content (AvgIpc) is 2.74. The van der Waals surface area contributed by atoms with Crippen LogP contribution in [0.3, 0.4) is 0 Å². The number of nitrogens with two attached hydrogens (primary N) is 1. The summed E-state index contributed by atoms with van der Waals surface area (Å²) in [6.07, 6.45) is 0.748. The van der Waals surface area contributed by atoms with E-state index in [4.69, 9.17) is 15.7 Å². The molecule has 1 aliphatic heterocycles. The van der Waals surface area contributed by atoms with Gasteiger partial charge in [-0.2, -0.15) is 9.62 Å². The second-order valence-electron chi connectivity index (χ2n) is 7.32. The summed E-state index contributed by atoms with van der Waals surface area (Å²) in [5.41, 5.74) is 5.91. The number of rotatable bonds is 6. The minimum atomic E-state index is -2.68. The van der Waals surface area contributed by atoms with E-state index in [2.05, 4.69) is 15.7 Å². The van der Waals surface area contributed by atoms with Crippen molar-refractivity contribution in [1.29, 1.82) is 5.26 Å². The first-order valence-electron chi connectivity index (χ1n) is 9.91. The number of nitrogens with zero attached hydrogens (tertiary/aromatic N) is 2. The van der Waals surface area contributed by atoms with E-state index < -0.39 is 27.7 Å². The molecule has 1 unspecified atom stereocenters. The first-order chi connectivity index (χ1) is 14.9. The summed E-state index contributed by atoms with van der Waals surface area (Å²) in [6.45, 7) is 0. The maximum Gasteiger partial charge on any atom is 0.312 e. The molecule has 0 bridgehead atoms. The molecule has 1 heterocycles. The highest BCUT2D eigenvalue weighted by molar-refractivity contribution is 7.93. The molecule has 2 aromatic rings. The standard InChI is InChI=1S/C22H24N4O4S/c23-15-16-9-11-31(29,12-10-16)26-21(27)14-20(25-22(24)28)17-5-4-8-19(13-17)30-18-6-2-1-3-7-18/h1-8,13,16,20H,9-12,14H2,(H3,24,25,28). The molecular formula is C22H24N4O4S. The molecule has 1 atom stereocenters. The van der Waals surface area contributed by atoms with Crippen LogP contribution < -0.4 is 15.8 Å². The van der Waals surface area contributed by atoms with Crippen LogP contribution in [0, 0.1) is 17.2 Å². The van der Waals surface area contributed by atoms with Gasteiger partial charge in [-0.1, -0.05) is 30.3 Å². The maximum absolute atomic E-state index is 12.8. The molecule has 1 fully saturated rings. The Morgan fingerprint density at radius 2 is 1.84 bits per heavy atom. The molecule has 2 aromatic carbocycles. The van der Waals surface area contributed by atoms with E-state index in [0.29, 0.717) is 29.9 Å². The highest BCUT2D eigenvalue weighted by Crippen LogP contribution is 2.27. The van der Waals surface area contributed by atoms with Crippen molar-refractivity contribution >= 4 is 21.7 Å². The first-order valence-corrected chi connectivity index (χ1v) is 11.8. The van der Waals surface area contributed by atoms with Crippen molar-refractivity contribution in [2.24, 2.45) is 16.0 Å². The number of hydrogen-bond donors (Lipinski definition) is 2. The van der Waals surface area contributed by atoms with Gasteiger partial charge in [-0.3, -0.25) is 4.79 Å². The van der Waals surface area contributed by atoms with Gasteiger partial charge in [0, 0.05) is 17.4 Å². The van der Waals surface area contributed by atoms with Gasteiger partial charge in [0.15, 0.2) is 0 Å². The molecule has 1 saturated heterocycles. The molecule has 31 heavy (non-hydrogen) atoms. The average molecular weight is 441 g/mol. The monoisotopic (exact) mass is 440 g/mol. The van der Waals surface area contributed by atoms with Crippen LogP contribution >= 0.6 is 0 Å². The van der Waals surface area contributed by atoms with Gasteiger partial charge in [-0.25, -0.2) is 9.00 Å². The van der Waals surface area contributed by atoms with Crippen molar-refractivity contribution < 1.29 is 18.5 Å². The topological polar surface area (TPSA) is 135 Å². The maximum atomic E-state index is 12.8. The summed E-state index contributed by atoms with van der Waals surface area (Å²) in [5, 5.41) is 11.5. The smallest absolute Gasteiger partial charge is 0.312 e. The quantitative estimate of drug-likeness (QED) is 0.709. The number of benzene rings is 2. The normalized spacial score (nSPS) is 21.3. The van der Waals surface area contributed by atoms with Crippen molar-refractivity contribution in [2.75, 3.05) is 11.5 Å². The molecule has 0 aliphatic carbocycles. The van der Waals surface area contributed by atoms with Gasteiger partial charge >= 0.3 is 6.03 Å². The Labute approximate surface area is 181 Å². The molecule has 3 rings (SSSR count). The van der Waals surface area contributed by atoms with Crippen molar-refractivity contribution in [1.82, 2.24) is 5.32 Å². The van der Waals surface area contributed by atoms with Crippen LogP contribution in [0.4, 0.5) is 4.79 Å². The number of para-hydroxylation sites is 1. The van der Waals surface area contributed by atoms with Crippen LogP contribution in [0.25, 0.3) is 0 Å². The van der Waals surface area contributed by atoms with Crippen molar-refractivity contribution in [3.63, 3.8) is 0 Å². The zero-order valence-corrected chi connectivity index (χ0v) is 17.7. The van der Waals surface area contributed by atoms with Gasteiger partial charge in [-0.15, -0.1) is 0 Å². The van der Waals surface area contributed by atoms with Crippen LogP contribution in [0.5, 0.6) is 11.5 Å². The minimum Gasteiger partial charge on any atom is -0.457 e. The number of nitriles is 1. The number of primary amides is 1. The number of hydrogen-bond acceptors (Lipinski definition) is 5. The number of carbonyl (C=O) groups excluding carboxylic acids is 2. The lowest BCUT2D eigenvalue weighted by molar-refractivity contribution is -0.118. The zero-order chi connectivity index (χ0) is 22.3. The molecule has 0 saturated carbocycles. The second kappa shape index (κ2) is 10.1. The fourth-order valence-corrected chi connectivity index (χ4v) is 5.50. The third kappa shape index (κ3) is 6.55. The van der Waals surface area contributed by atoms with Gasteiger partial charge < -0.3 is 15.8 Å². The molecular weight excluding hydrogens is 416 g/mol. The second-order valence-corrected chi connectivity index (χ2v) is 9.87. The lowest BCUT2D eigenvalue weighted by atomic mass is 10.0. The first kappa shape index (κ1) is 22.3. The Kier molecular flexibility index (Phi) is 7.26. The van der Waals surface area contributed by atoms with Crippen molar-refractivity contribution in [3.8, 4) is 17.6 Å². The number of carbonyl (C=O) groups is 2. The predicted molar refractivity (Wildman–Crippen MR) is 117 cm³/mol. The molecule has 0 spiro atoms. The summed E-state index contributed by atoms with van der Waals surface area (Å²) in [7, 11) is -2.68. The van der Waals surface area contributed by atoms with E-state index in [1.54, 1.807) is 24.3 Å². The van der Waals surface area contributed by atoms with Crippen molar-refractivity contribution in [3.05, 3.63) is 60.2 Å². The van der Waals surface area contributed by atoms with E-state index in [1.165, 1.54) is 0 Å². The number of amides is 3. The summed E-state index contributed by atoms with van der Waals surface area (Å²) >= 11 is 0. The van der Waals surface area contributed by atoms with Crippen LogP contribution in [0.2, 0.25) is 0 Å². The molecule has 0 radical (unpaired) electrons. The predicted octanol–water partition coefficient (Wildman–Crippen LogP) is 3.51. The molecule has 0 aromatic heterocycles. The van der Waals surface area contributed by atoms with Gasteiger partial charge in [-0.05, 0) is 42.7 Å². The lowest BCUT2D eigenvalue weighted by Crippen LogP contribution is -2.34. The third-order valence-corrected chi connectivity index (χ3v) is 7.24. The summed E-state index contributed by atoms with van der Waals surface area (Å²) < 4.78 is 22.6. The molecule has 162 valence electrons. The van der Waals surface area contributed by atoms with Gasteiger partial charge in [0.2, 0.25) is 0 Å². The van der Waals surface area contributed by atoms with E-state index >= 15 is 0 Å². The summed E-state index contributed by atoms with van der Waals surface area (Å²) in [4.78, 5) is 24.1. The van der Waals surface area contributed by atoms with Crippen LogP contribution in [-0.4, -0.2) is 27.7 Å². The highest BCUT2D eigenvalue weighted by Gasteiger charge is 2.25. The Hall–Kier alpha value is -3.38. The largest absolute Gasteiger partial charge is 0.457 e. The molecule has 9 heteroatoms. The number of urea groups is 1. The number of nitrogens with one attached hydrogen (secondary N) is 1. The summed E-state index contributed by atoms with van der Waals surface area (Å²) in [5.74, 6) is 0.918. The van der Waals surface area contributed by atoms with E-state index in [1.807, 2.05) is 30.3 Å². The zero-order valence-electron chi connectivity index (χ0n) is 16.9. The van der Waals surface area contributed by atoms with Crippen LogP contribution in [-0.2, 0) is 14.5 Å². The summed E-state index contributed by atoms with van der Waals surface area (Å²) in [6, 6.07) is 16.8. The van der Waals surface area contributed by atoms with Crippen LogP contribution in [0.15, 0.2) is 59.0 Å². The van der Waals surface area contributed by atoms with Gasteiger partial charge in [0.1, 0.15) is 11.5 Å². The van der Waals surface area contributed by atoms with Gasteiger partial charge in [0.05, 0.1) is 28.3 Å². The van der Waals surface area contributed by atoms with E-state index in [-0.39, 0.29) is 23.8 Å². The van der Waals surface area contributed by atoms with E-state index in [0.717, 1.165) is 0 Å². The molecule has 1 aliphatic rings. The third-order valence-electron chi connectivity index (χ3n) is 4.96. The molecule has 3 amide bonds. The molecule has 3 N–H and O–H groups in total. The lowest BCUT2D eigenvalue weighted by Gasteiger charge is -2.20. The Morgan fingerprint density at radius 3 is 2.48 bits per heavy atom. The highest BCUT2D eigenvalue weighted by atomic mass is 32.2. The Balaban J connectivity index is 1.76. The SMILES string of the molecule is N#CC1CCS(=O)(=NC(=O)CC(NC(N)=O)c2cccc(Oc3ccccc3)c2)CC1. The van der Waals surface area contributed by atoms with E-state index in [9.17, 15) is 13.8 Å². The molecule has 8 nitrogen and oxygen atoms in total. The van der Waals surface area contributed by atoms with Gasteiger partial charge in [0.25, 0.3) is 5.91 Å². The van der Waals surface area contributed by atoms with Crippen LogP contribution in [0.1, 0.15) is 30.9 Å². The number of ether oxygens (including phenoxy) is 1. The minimum absolute atomic E-state index is 0.142. The Bertz CT molecular complexity index is 1090. The fraction of sp³-hybridized carbons (Fsp3) is 0.318. The van der Waals surface area contributed by atoms with Crippen molar-refractivity contribution in [2.45, 2.75) is 25.3 Å². The fourth-order valence-electron chi connectivity index (χ4n) is 3.36. The Morgan fingerprint density at radius 1 is 1.16 bits per heavy atom.